The molecular weight excluding hydrogens is 296 g/mol. The highest BCUT2D eigenvalue weighted by molar-refractivity contribution is 9.10. The molecule has 0 saturated carbocycles. The molecular formula is C13H13BrN2O2. The monoisotopic (exact) mass is 308 g/mol. The smallest absolute Gasteiger partial charge is 0.258 e. The Labute approximate surface area is 113 Å². The molecule has 2 aromatic rings. The number of H-pyrrole nitrogens is 1. The van der Waals surface area contributed by atoms with Gasteiger partial charge in [0.15, 0.2) is 0 Å². The van der Waals surface area contributed by atoms with Gasteiger partial charge in [-0.2, -0.15) is 4.98 Å². The van der Waals surface area contributed by atoms with Gasteiger partial charge in [-0.3, -0.25) is 4.79 Å². The molecule has 0 radical (unpaired) electrons. The highest BCUT2D eigenvalue weighted by atomic mass is 79.9. The Morgan fingerprint density at radius 2 is 2.00 bits per heavy atom. The fraction of sp³-hybridized carbons (Fsp3) is 0.231. The Bertz CT molecular complexity index is 605. The van der Waals surface area contributed by atoms with Crippen LogP contribution in [0.15, 0.2) is 33.5 Å². The number of aromatic amines is 1. The van der Waals surface area contributed by atoms with Gasteiger partial charge in [0.25, 0.3) is 5.56 Å². The summed E-state index contributed by atoms with van der Waals surface area (Å²) in [4.78, 5) is 18.6. The van der Waals surface area contributed by atoms with Crippen LogP contribution < -0.4 is 5.56 Å². The molecule has 0 aliphatic rings. The highest BCUT2D eigenvalue weighted by Crippen LogP contribution is 2.20. The lowest BCUT2D eigenvalue weighted by Crippen LogP contribution is -2.15. The van der Waals surface area contributed by atoms with Crippen molar-refractivity contribution < 1.29 is 5.11 Å². The van der Waals surface area contributed by atoms with Crippen LogP contribution >= 0.6 is 15.9 Å². The number of aromatic nitrogens is 2. The summed E-state index contributed by atoms with van der Waals surface area (Å²) in [5.74, 6) is 0.198. The van der Waals surface area contributed by atoms with Gasteiger partial charge in [-0.1, -0.05) is 41.4 Å². The van der Waals surface area contributed by atoms with E-state index < -0.39 is 0 Å². The molecule has 2 rings (SSSR count). The lowest BCUT2D eigenvalue weighted by Gasteiger charge is -2.05. The summed E-state index contributed by atoms with van der Waals surface area (Å²) >= 11 is 3.34. The van der Waals surface area contributed by atoms with Crippen molar-refractivity contribution in [3.8, 4) is 17.3 Å². The molecule has 0 saturated heterocycles. The third-order valence-corrected chi connectivity index (χ3v) is 3.14. The Morgan fingerprint density at radius 1 is 1.33 bits per heavy atom. The van der Waals surface area contributed by atoms with Crippen molar-refractivity contribution in [1.29, 1.82) is 0 Å². The number of hydrogen-bond acceptors (Lipinski definition) is 3. The van der Waals surface area contributed by atoms with Crippen LogP contribution in [0.25, 0.3) is 11.4 Å². The van der Waals surface area contributed by atoms with E-state index in [-0.39, 0.29) is 11.4 Å². The fourth-order valence-electron chi connectivity index (χ4n) is 1.71. The number of rotatable bonds is 3. The van der Waals surface area contributed by atoms with E-state index in [1.54, 1.807) is 0 Å². The minimum atomic E-state index is -0.276. The van der Waals surface area contributed by atoms with Gasteiger partial charge in [0.05, 0.1) is 5.56 Å². The van der Waals surface area contributed by atoms with Gasteiger partial charge in [0.1, 0.15) is 5.82 Å². The molecule has 5 heteroatoms. The first-order chi connectivity index (χ1) is 8.61. The van der Waals surface area contributed by atoms with Gasteiger partial charge in [0.2, 0.25) is 5.88 Å². The average Bonchev–Trinajstić information content (AvgIpc) is 2.34. The van der Waals surface area contributed by atoms with Gasteiger partial charge >= 0.3 is 0 Å². The molecule has 18 heavy (non-hydrogen) atoms. The van der Waals surface area contributed by atoms with E-state index in [1.165, 1.54) is 0 Å². The SMILES string of the molecule is CCCc1c(O)nc(-c2ccc(Br)cc2)[nH]c1=O. The predicted octanol–water partition coefficient (Wildman–Crippen LogP) is 2.86. The molecule has 0 fully saturated rings. The average molecular weight is 309 g/mol. The first kappa shape index (κ1) is 12.8. The van der Waals surface area contributed by atoms with Crippen LogP contribution in [0.5, 0.6) is 5.88 Å². The molecule has 1 aromatic carbocycles. The summed E-state index contributed by atoms with van der Waals surface area (Å²) in [6, 6.07) is 7.35. The van der Waals surface area contributed by atoms with E-state index in [1.807, 2.05) is 31.2 Å². The Hall–Kier alpha value is -1.62. The normalized spacial score (nSPS) is 10.6. The zero-order valence-corrected chi connectivity index (χ0v) is 11.5. The molecule has 2 N–H and O–H groups in total. The largest absolute Gasteiger partial charge is 0.493 e. The van der Waals surface area contributed by atoms with E-state index in [0.29, 0.717) is 17.8 Å². The van der Waals surface area contributed by atoms with Crippen LogP contribution in [0.3, 0.4) is 0 Å². The van der Waals surface area contributed by atoms with E-state index in [9.17, 15) is 9.90 Å². The summed E-state index contributed by atoms with van der Waals surface area (Å²) in [7, 11) is 0. The number of benzene rings is 1. The second kappa shape index (κ2) is 5.35. The van der Waals surface area contributed by atoms with Crippen molar-refractivity contribution in [1.82, 2.24) is 9.97 Å². The molecule has 0 amide bonds. The number of hydrogen-bond donors (Lipinski definition) is 2. The second-order valence-electron chi connectivity index (χ2n) is 3.97. The third-order valence-electron chi connectivity index (χ3n) is 2.61. The maximum Gasteiger partial charge on any atom is 0.258 e. The van der Waals surface area contributed by atoms with Gasteiger partial charge in [-0.05, 0) is 18.6 Å². The lowest BCUT2D eigenvalue weighted by atomic mass is 10.1. The standard InChI is InChI=1S/C13H13BrN2O2/c1-2-3-10-12(17)15-11(16-13(10)18)8-4-6-9(14)7-5-8/h4-7H,2-3H2,1H3,(H2,15,16,17,18). The lowest BCUT2D eigenvalue weighted by molar-refractivity contribution is 0.443. The van der Waals surface area contributed by atoms with E-state index in [2.05, 4.69) is 25.9 Å². The van der Waals surface area contributed by atoms with Crippen molar-refractivity contribution in [3.63, 3.8) is 0 Å². The summed E-state index contributed by atoms with van der Waals surface area (Å²) in [5, 5.41) is 9.78. The van der Waals surface area contributed by atoms with Crippen LogP contribution in [-0.4, -0.2) is 15.1 Å². The highest BCUT2D eigenvalue weighted by Gasteiger charge is 2.10. The number of halogens is 1. The number of nitrogens with one attached hydrogen (secondary N) is 1. The van der Waals surface area contributed by atoms with Gasteiger partial charge < -0.3 is 10.1 Å². The Morgan fingerprint density at radius 3 is 2.56 bits per heavy atom. The third kappa shape index (κ3) is 2.61. The molecule has 1 heterocycles. The number of nitrogens with zero attached hydrogens (tertiary/aromatic N) is 1. The summed E-state index contributed by atoms with van der Waals surface area (Å²) < 4.78 is 0.945. The molecule has 0 unspecified atom stereocenters. The van der Waals surface area contributed by atoms with Crippen molar-refractivity contribution in [2.24, 2.45) is 0 Å². The maximum atomic E-state index is 11.8. The summed E-state index contributed by atoms with van der Waals surface area (Å²) in [6.07, 6.45) is 1.31. The van der Waals surface area contributed by atoms with Crippen LogP contribution in [0.2, 0.25) is 0 Å². The molecule has 0 aliphatic carbocycles. The van der Waals surface area contributed by atoms with Crippen molar-refractivity contribution in [2.45, 2.75) is 19.8 Å². The Balaban J connectivity index is 2.48. The van der Waals surface area contributed by atoms with Crippen molar-refractivity contribution in [2.75, 3.05) is 0 Å². The van der Waals surface area contributed by atoms with E-state index >= 15 is 0 Å². The topological polar surface area (TPSA) is 66.0 Å². The van der Waals surface area contributed by atoms with Gasteiger partial charge in [0, 0.05) is 10.0 Å². The molecule has 0 spiro atoms. The summed E-state index contributed by atoms with van der Waals surface area (Å²) in [5.41, 5.74) is 0.828. The summed E-state index contributed by atoms with van der Waals surface area (Å²) in [6.45, 7) is 1.95. The zero-order valence-electron chi connectivity index (χ0n) is 9.90. The second-order valence-corrected chi connectivity index (χ2v) is 4.89. The molecule has 0 aliphatic heterocycles. The molecule has 94 valence electrons. The van der Waals surface area contributed by atoms with E-state index in [4.69, 9.17) is 0 Å². The van der Waals surface area contributed by atoms with Gasteiger partial charge in [-0.15, -0.1) is 0 Å². The van der Waals surface area contributed by atoms with Crippen LogP contribution in [0.1, 0.15) is 18.9 Å². The van der Waals surface area contributed by atoms with Crippen LogP contribution in [-0.2, 0) is 6.42 Å². The van der Waals surface area contributed by atoms with Crippen LogP contribution in [0.4, 0.5) is 0 Å². The zero-order chi connectivity index (χ0) is 13.1. The minimum Gasteiger partial charge on any atom is -0.493 e. The molecule has 0 atom stereocenters. The van der Waals surface area contributed by atoms with Crippen molar-refractivity contribution in [3.05, 3.63) is 44.7 Å². The predicted molar refractivity (Wildman–Crippen MR) is 73.7 cm³/mol. The molecule has 4 nitrogen and oxygen atoms in total. The van der Waals surface area contributed by atoms with Crippen molar-refractivity contribution >= 4 is 15.9 Å². The quantitative estimate of drug-likeness (QED) is 0.916. The number of aromatic hydroxyl groups is 1. The molecule has 1 aromatic heterocycles. The van der Waals surface area contributed by atoms with E-state index in [0.717, 1.165) is 16.5 Å². The fourth-order valence-corrected chi connectivity index (χ4v) is 1.97. The van der Waals surface area contributed by atoms with Gasteiger partial charge in [-0.25, -0.2) is 0 Å². The molecule has 0 bridgehead atoms. The minimum absolute atomic E-state index is 0.182. The first-order valence-electron chi connectivity index (χ1n) is 5.70. The Kier molecular flexibility index (Phi) is 3.81. The first-order valence-corrected chi connectivity index (χ1v) is 6.49. The maximum absolute atomic E-state index is 11.8. The van der Waals surface area contributed by atoms with Crippen LogP contribution in [0, 0.1) is 0 Å².